The fourth-order valence-electron chi connectivity index (χ4n) is 1.38. The van der Waals surface area contributed by atoms with Crippen molar-refractivity contribution in [1.29, 1.82) is 0 Å². The summed E-state index contributed by atoms with van der Waals surface area (Å²) in [6.45, 7) is 2.01. The van der Waals surface area contributed by atoms with Crippen LogP contribution < -0.4 is 4.74 Å². The number of carbonyl (C=O) groups is 1. The van der Waals surface area contributed by atoms with Crippen LogP contribution in [0.1, 0.15) is 22.2 Å². The molecule has 0 unspecified atom stereocenters. The van der Waals surface area contributed by atoms with E-state index in [9.17, 15) is 4.79 Å². The summed E-state index contributed by atoms with van der Waals surface area (Å²) in [4.78, 5) is 12.3. The first-order chi connectivity index (χ1) is 8.16. The minimum Gasteiger partial charge on any atom is -0.487 e. The van der Waals surface area contributed by atoms with Crippen molar-refractivity contribution in [3.63, 3.8) is 0 Å². The third-order valence-electron chi connectivity index (χ3n) is 2.29. The van der Waals surface area contributed by atoms with Gasteiger partial charge in [-0.1, -0.05) is 17.7 Å². The SMILES string of the molecule is CC(=O)c1ccc(OCc2cccs2)c(Cl)c1. The summed E-state index contributed by atoms with van der Waals surface area (Å²) in [5.41, 5.74) is 0.596. The van der Waals surface area contributed by atoms with Crippen molar-refractivity contribution < 1.29 is 9.53 Å². The molecule has 1 aromatic heterocycles. The lowest BCUT2D eigenvalue weighted by Crippen LogP contribution is -1.96. The summed E-state index contributed by atoms with van der Waals surface area (Å²) in [6, 6.07) is 9.06. The van der Waals surface area contributed by atoms with Gasteiger partial charge in [-0.25, -0.2) is 0 Å². The van der Waals surface area contributed by atoms with Gasteiger partial charge >= 0.3 is 0 Å². The molecule has 4 heteroatoms. The highest BCUT2D eigenvalue weighted by Crippen LogP contribution is 2.26. The highest BCUT2D eigenvalue weighted by atomic mass is 35.5. The van der Waals surface area contributed by atoms with Crippen LogP contribution in [0.15, 0.2) is 35.7 Å². The van der Waals surface area contributed by atoms with Gasteiger partial charge in [0.1, 0.15) is 12.4 Å². The quantitative estimate of drug-likeness (QED) is 0.776. The minimum atomic E-state index is -0.00305. The molecule has 17 heavy (non-hydrogen) atoms. The smallest absolute Gasteiger partial charge is 0.159 e. The number of Topliss-reactive ketones (excluding diaryl/α,β-unsaturated/α-hetero) is 1. The van der Waals surface area contributed by atoms with Crippen LogP contribution in [-0.2, 0) is 6.61 Å². The lowest BCUT2D eigenvalue weighted by Gasteiger charge is -2.07. The maximum absolute atomic E-state index is 11.2. The van der Waals surface area contributed by atoms with E-state index in [1.165, 1.54) is 6.92 Å². The molecule has 2 rings (SSSR count). The number of ketones is 1. The molecule has 2 nitrogen and oxygen atoms in total. The summed E-state index contributed by atoms with van der Waals surface area (Å²) in [7, 11) is 0. The number of benzene rings is 1. The molecule has 0 saturated carbocycles. The van der Waals surface area contributed by atoms with Crippen LogP contribution >= 0.6 is 22.9 Å². The number of carbonyl (C=O) groups excluding carboxylic acids is 1. The zero-order valence-electron chi connectivity index (χ0n) is 9.27. The van der Waals surface area contributed by atoms with Crippen LogP contribution in [0.25, 0.3) is 0 Å². The molecule has 88 valence electrons. The van der Waals surface area contributed by atoms with Crippen molar-refractivity contribution in [3.05, 3.63) is 51.2 Å². The number of ether oxygens (including phenoxy) is 1. The van der Waals surface area contributed by atoms with Gasteiger partial charge in [-0.15, -0.1) is 11.3 Å². The molecule has 1 heterocycles. The molecule has 0 atom stereocenters. The lowest BCUT2D eigenvalue weighted by atomic mass is 10.1. The fraction of sp³-hybridized carbons (Fsp3) is 0.154. The Morgan fingerprint density at radius 1 is 1.41 bits per heavy atom. The van der Waals surface area contributed by atoms with Crippen molar-refractivity contribution in [2.45, 2.75) is 13.5 Å². The molecule has 0 aliphatic carbocycles. The second-order valence-corrected chi connectivity index (χ2v) is 5.01. The summed E-state index contributed by atoms with van der Waals surface area (Å²) in [5.74, 6) is 0.599. The predicted molar refractivity (Wildman–Crippen MR) is 70.1 cm³/mol. The Labute approximate surface area is 109 Å². The molecule has 0 spiro atoms. The van der Waals surface area contributed by atoms with Gasteiger partial charge in [0.25, 0.3) is 0 Å². The third kappa shape index (κ3) is 3.08. The first kappa shape index (κ1) is 12.1. The van der Waals surface area contributed by atoms with Gasteiger partial charge in [0, 0.05) is 10.4 Å². The van der Waals surface area contributed by atoms with E-state index in [1.807, 2.05) is 17.5 Å². The highest BCUT2D eigenvalue weighted by Gasteiger charge is 2.06. The molecule has 0 bridgehead atoms. The number of hydrogen-bond acceptors (Lipinski definition) is 3. The van der Waals surface area contributed by atoms with Gasteiger partial charge in [0.2, 0.25) is 0 Å². The summed E-state index contributed by atoms with van der Waals surface area (Å²) < 4.78 is 5.58. The summed E-state index contributed by atoms with van der Waals surface area (Å²) in [5, 5.41) is 2.47. The van der Waals surface area contributed by atoms with Gasteiger partial charge in [-0.3, -0.25) is 4.79 Å². The molecule has 0 N–H and O–H groups in total. The Kier molecular flexibility index (Phi) is 3.82. The van der Waals surface area contributed by atoms with Crippen molar-refractivity contribution in [1.82, 2.24) is 0 Å². The first-order valence-electron chi connectivity index (χ1n) is 5.12. The van der Waals surface area contributed by atoms with Crippen molar-refractivity contribution >= 4 is 28.7 Å². The number of rotatable bonds is 4. The molecule has 0 saturated heterocycles. The normalized spacial score (nSPS) is 10.2. The second kappa shape index (κ2) is 5.34. The van der Waals surface area contributed by atoms with Crippen molar-refractivity contribution in [2.75, 3.05) is 0 Å². The van der Waals surface area contributed by atoms with Crippen molar-refractivity contribution in [2.24, 2.45) is 0 Å². The average Bonchev–Trinajstić information content (AvgIpc) is 2.80. The fourth-order valence-corrected chi connectivity index (χ4v) is 2.23. The van der Waals surface area contributed by atoms with Crippen LogP contribution in [0.5, 0.6) is 5.75 Å². The van der Waals surface area contributed by atoms with Gasteiger partial charge in [-0.05, 0) is 36.6 Å². The molecule has 2 aromatic rings. The van der Waals surface area contributed by atoms with E-state index in [0.29, 0.717) is 22.9 Å². The van der Waals surface area contributed by atoms with E-state index in [2.05, 4.69) is 0 Å². The van der Waals surface area contributed by atoms with E-state index >= 15 is 0 Å². The Morgan fingerprint density at radius 2 is 2.24 bits per heavy atom. The molecule has 1 aromatic carbocycles. The maximum Gasteiger partial charge on any atom is 0.159 e. The second-order valence-electron chi connectivity index (χ2n) is 3.57. The van der Waals surface area contributed by atoms with E-state index < -0.39 is 0 Å². The van der Waals surface area contributed by atoms with Gasteiger partial charge < -0.3 is 4.74 Å². The molecule has 0 aliphatic rings. The Morgan fingerprint density at radius 3 is 2.82 bits per heavy atom. The van der Waals surface area contributed by atoms with E-state index in [1.54, 1.807) is 29.5 Å². The molecular weight excluding hydrogens is 256 g/mol. The maximum atomic E-state index is 11.2. The monoisotopic (exact) mass is 266 g/mol. The van der Waals surface area contributed by atoms with Crippen LogP contribution in [0.4, 0.5) is 0 Å². The average molecular weight is 267 g/mol. The number of hydrogen-bond donors (Lipinski definition) is 0. The first-order valence-corrected chi connectivity index (χ1v) is 6.38. The zero-order chi connectivity index (χ0) is 12.3. The molecule has 0 fully saturated rings. The standard InChI is InChI=1S/C13H11ClO2S/c1-9(15)10-4-5-13(12(14)7-10)16-8-11-3-2-6-17-11/h2-7H,8H2,1H3. The highest BCUT2D eigenvalue weighted by molar-refractivity contribution is 7.09. The molecule has 0 radical (unpaired) electrons. The molecule has 0 amide bonds. The Hall–Kier alpha value is -1.32. The summed E-state index contributed by atoms with van der Waals surface area (Å²) in [6.07, 6.45) is 0. The lowest BCUT2D eigenvalue weighted by molar-refractivity contribution is 0.101. The number of halogens is 1. The van der Waals surface area contributed by atoms with Gasteiger partial charge in [0.05, 0.1) is 5.02 Å². The van der Waals surface area contributed by atoms with E-state index in [-0.39, 0.29) is 5.78 Å². The topological polar surface area (TPSA) is 26.3 Å². The molecule has 0 aliphatic heterocycles. The Bertz CT molecular complexity index is 520. The zero-order valence-corrected chi connectivity index (χ0v) is 10.8. The van der Waals surface area contributed by atoms with Crippen LogP contribution in [0.2, 0.25) is 5.02 Å². The Balaban J connectivity index is 2.09. The minimum absolute atomic E-state index is 0.00305. The van der Waals surface area contributed by atoms with E-state index in [4.69, 9.17) is 16.3 Å². The molecular formula is C13H11ClO2S. The van der Waals surface area contributed by atoms with Crippen LogP contribution in [-0.4, -0.2) is 5.78 Å². The van der Waals surface area contributed by atoms with E-state index in [0.717, 1.165) is 4.88 Å². The third-order valence-corrected chi connectivity index (χ3v) is 3.43. The van der Waals surface area contributed by atoms with Gasteiger partial charge in [-0.2, -0.15) is 0 Å². The number of thiophene rings is 1. The van der Waals surface area contributed by atoms with Crippen LogP contribution in [0.3, 0.4) is 0 Å². The van der Waals surface area contributed by atoms with Crippen LogP contribution in [0, 0.1) is 0 Å². The van der Waals surface area contributed by atoms with Gasteiger partial charge in [0.15, 0.2) is 5.78 Å². The largest absolute Gasteiger partial charge is 0.487 e. The summed E-state index contributed by atoms with van der Waals surface area (Å²) >= 11 is 7.67. The predicted octanol–water partition coefficient (Wildman–Crippen LogP) is 4.18. The van der Waals surface area contributed by atoms with Crippen molar-refractivity contribution in [3.8, 4) is 5.75 Å².